The molecule has 0 bridgehead atoms. The van der Waals surface area contributed by atoms with E-state index in [1.165, 1.54) is 6.42 Å². The first-order valence-electron chi connectivity index (χ1n) is 8.79. The highest BCUT2D eigenvalue weighted by Crippen LogP contribution is 2.28. The number of likely N-dealkylation sites (N-methyl/N-ethyl adjacent to an activating group) is 1. The van der Waals surface area contributed by atoms with Crippen LogP contribution < -0.4 is 10.2 Å². The number of benzene rings is 1. The largest absolute Gasteiger partial charge is 0.355 e. The Kier molecular flexibility index (Phi) is 4.78. The van der Waals surface area contributed by atoms with E-state index in [2.05, 4.69) is 73.3 Å². The van der Waals surface area contributed by atoms with Crippen molar-refractivity contribution >= 4 is 44.0 Å². The number of rotatable bonds is 4. The van der Waals surface area contributed by atoms with Gasteiger partial charge >= 0.3 is 0 Å². The molecule has 1 fully saturated rings. The van der Waals surface area contributed by atoms with Crippen molar-refractivity contribution < 1.29 is 0 Å². The minimum absolute atomic E-state index is 0.608. The van der Waals surface area contributed by atoms with E-state index in [0.29, 0.717) is 6.04 Å². The van der Waals surface area contributed by atoms with E-state index >= 15 is 0 Å². The van der Waals surface area contributed by atoms with Crippen LogP contribution >= 0.6 is 15.9 Å². The fraction of sp³-hybridized carbons (Fsp3) is 0.300. The molecule has 0 saturated carbocycles. The second-order valence-corrected chi connectivity index (χ2v) is 7.82. The number of aromatic nitrogens is 2. The quantitative estimate of drug-likeness (QED) is 0.693. The first kappa shape index (κ1) is 17.2. The van der Waals surface area contributed by atoms with Crippen LogP contribution in [0.3, 0.4) is 0 Å². The predicted octanol–water partition coefficient (Wildman–Crippen LogP) is 4.28. The molecule has 1 atom stereocenters. The average Bonchev–Trinajstić information content (AvgIpc) is 3.13. The molecule has 4 rings (SSSR count). The van der Waals surface area contributed by atoms with Crippen LogP contribution in [0, 0.1) is 0 Å². The first-order valence-corrected chi connectivity index (χ1v) is 9.58. The van der Waals surface area contributed by atoms with Crippen molar-refractivity contribution in [3.63, 3.8) is 0 Å². The summed E-state index contributed by atoms with van der Waals surface area (Å²) in [5.41, 5.74) is 2.97. The minimum atomic E-state index is 0.608. The third-order valence-corrected chi connectivity index (χ3v) is 5.44. The van der Waals surface area contributed by atoms with Crippen molar-refractivity contribution in [3.05, 3.63) is 53.3 Å². The first-order chi connectivity index (χ1) is 12.6. The molecular formula is C20H22BrN5. The van der Waals surface area contributed by atoms with Gasteiger partial charge in [-0.15, -0.1) is 0 Å². The number of fused-ring (bicyclic) bond motifs is 1. The van der Waals surface area contributed by atoms with Crippen LogP contribution in [0.15, 0.2) is 53.3 Å². The molecule has 1 saturated heterocycles. The zero-order chi connectivity index (χ0) is 18.1. The summed E-state index contributed by atoms with van der Waals surface area (Å²) in [5.74, 6) is 1.04. The van der Waals surface area contributed by atoms with Crippen LogP contribution in [-0.2, 0) is 0 Å². The van der Waals surface area contributed by atoms with E-state index in [1.54, 1.807) is 0 Å². The lowest BCUT2D eigenvalue weighted by molar-refractivity contribution is 0.315. The van der Waals surface area contributed by atoms with Gasteiger partial charge in [-0.3, -0.25) is 4.98 Å². The van der Waals surface area contributed by atoms with Gasteiger partial charge in [-0.05, 0) is 56.9 Å². The smallest absolute Gasteiger partial charge is 0.128 e. The molecule has 6 heteroatoms. The number of pyridine rings is 2. The Hall–Kier alpha value is -2.18. The summed E-state index contributed by atoms with van der Waals surface area (Å²) in [7, 11) is 4.29. The molecule has 3 aromatic rings. The molecule has 0 amide bonds. The molecule has 3 heterocycles. The molecule has 1 aliphatic rings. The Balaban J connectivity index is 1.53. The highest BCUT2D eigenvalue weighted by Gasteiger charge is 2.24. The Bertz CT molecular complexity index is 910. The third-order valence-electron chi connectivity index (χ3n) is 4.95. The summed E-state index contributed by atoms with van der Waals surface area (Å²) in [6.07, 6.45) is 4.92. The van der Waals surface area contributed by atoms with Gasteiger partial charge in [-0.25, -0.2) is 4.98 Å². The maximum atomic E-state index is 4.67. The van der Waals surface area contributed by atoms with Gasteiger partial charge in [0.2, 0.25) is 0 Å². The molecule has 1 unspecified atom stereocenters. The van der Waals surface area contributed by atoms with Crippen LogP contribution in [-0.4, -0.2) is 48.1 Å². The molecule has 1 aliphatic heterocycles. The summed E-state index contributed by atoms with van der Waals surface area (Å²) < 4.78 is 1.04. The fourth-order valence-corrected chi connectivity index (χ4v) is 3.76. The molecule has 1 aromatic carbocycles. The van der Waals surface area contributed by atoms with Gasteiger partial charge in [-0.2, -0.15) is 0 Å². The van der Waals surface area contributed by atoms with Gasteiger partial charge in [-0.1, -0.05) is 15.9 Å². The van der Waals surface area contributed by atoms with E-state index < -0.39 is 0 Å². The molecule has 26 heavy (non-hydrogen) atoms. The van der Waals surface area contributed by atoms with E-state index in [9.17, 15) is 0 Å². The second-order valence-electron chi connectivity index (χ2n) is 6.90. The van der Waals surface area contributed by atoms with Crippen molar-refractivity contribution in [2.45, 2.75) is 12.5 Å². The maximum absolute atomic E-state index is 4.67. The lowest BCUT2D eigenvalue weighted by Crippen LogP contribution is -2.31. The molecule has 134 valence electrons. The highest BCUT2D eigenvalue weighted by atomic mass is 79.9. The lowest BCUT2D eigenvalue weighted by Gasteiger charge is -2.21. The Morgan fingerprint density at radius 1 is 1.15 bits per heavy atom. The topological polar surface area (TPSA) is 44.3 Å². The van der Waals surface area contributed by atoms with Crippen LogP contribution in [0.4, 0.5) is 17.2 Å². The molecule has 0 spiro atoms. The Morgan fingerprint density at radius 3 is 2.77 bits per heavy atom. The van der Waals surface area contributed by atoms with Gasteiger partial charge in [0, 0.05) is 40.9 Å². The number of hydrogen-bond donors (Lipinski definition) is 1. The summed E-state index contributed by atoms with van der Waals surface area (Å²) in [6.45, 7) is 2.10. The average molecular weight is 412 g/mol. The number of hydrogen-bond acceptors (Lipinski definition) is 5. The summed E-state index contributed by atoms with van der Waals surface area (Å²) >= 11 is 3.54. The van der Waals surface area contributed by atoms with Gasteiger partial charge in [0.05, 0.1) is 17.4 Å². The number of nitrogens with one attached hydrogen (secondary N) is 1. The Morgan fingerprint density at radius 2 is 2.04 bits per heavy atom. The van der Waals surface area contributed by atoms with Crippen LogP contribution in [0.25, 0.3) is 10.9 Å². The van der Waals surface area contributed by atoms with E-state index in [-0.39, 0.29) is 0 Å². The van der Waals surface area contributed by atoms with E-state index in [1.807, 2.05) is 30.6 Å². The third kappa shape index (κ3) is 3.52. The van der Waals surface area contributed by atoms with Gasteiger partial charge in [0.1, 0.15) is 5.82 Å². The number of halogens is 1. The number of nitrogens with zero attached hydrogens (tertiary/aromatic N) is 4. The van der Waals surface area contributed by atoms with Crippen molar-refractivity contribution in [1.82, 2.24) is 14.9 Å². The van der Waals surface area contributed by atoms with E-state index in [0.717, 1.165) is 45.7 Å². The minimum Gasteiger partial charge on any atom is -0.355 e. The van der Waals surface area contributed by atoms with Crippen molar-refractivity contribution in [3.8, 4) is 0 Å². The van der Waals surface area contributed by atoms with Gasteiger partial charge in [0.15, 0.2) is 0 Å². The second kappa shape index (κ2) is 7.21. The molecule has 2 aromatic heterocycles. The SMILES string of the molecule is CN(C)C1CCN(c2ccc(Nc3ccnc4ccc(Br)cc34)cn2)C1. The van der Waals surface area contributed by atoms with Crippen LogP contribution in [0.2, 0.25) is 0 Å². The van der Waals surface area contributed by atoms with Crippen molar-refractivity contribution in [2.24, 2.45) is 0 Å². The van der Waals surface area contributed by atoms with Crippen molar-refractivity contribution in [1.29, 1.82) is 0 Å². The molecular weight excluding hydrogens is 390 g/mol. The van der Waals surface area contributed by atoms with Crippen LogP contribution in [0.5, 0.6) is 0 Å². The molecule has 0 radical (unpaired) electrons. The predicted molar refractivity (Wildman–Crippen MR) is 111 cm³/mol. The normalized spacial score (nSPS) is 17.2. The van der Waals surface area contributed by atoms with Crippen molar-refractivity contribution in [2.75, 3.05) is 37.4 Å². The standard InChI is InChI=1S/C20H22BrN5/c1-25(2)16-8-10-26(13-16)20-6-4-15(12-23-20)24-19-7-9-22-18-5-3-14(21)11-17(18)19/h3-7,9,11-12,16H,8,10,13H2,1-2H3,(H,22,24). The lowest BCUT2D eigenvalue weighted by atomic mass is 10.2. The summed E-state index contributed by atoms with van der Waals surface area (Å²) in [6, 6.07) is 12.9. The number of anilines is 3. The highest BCUT2D eigenvalue weighted by molar-refractivity contribution is 9.10. The summed E-state index contributed by atoms with van der Waals surface area (Å²) in [4.78, 5) is 13.7. The molecule has 5 nitrogen and oxygen atoms in total. The van der Waals surface area contributed by atoms with Gasteiger partial charge in [0.25, 0.3) is 0 Å². The summed E-state index contributed by atoms with van der Waals surface area (Å²) in [5, 5.41) is 4.55. The Labute approximate surface area is 162 Å². The maximum Gasteiger partial charge on any atom is 0.128 e. The fourth-order valence-electron chi connectivity index (χ4n) is 3.40. The molecule has 0 aliphatic carbocycles. The van der Waals surface area contributed by atoms with Gasteiger partial charge < -0.3 is 15.1 Å². The van der Waals surface area contributed by atoms with Crippen LogP contribution in [0.1, 0.15) is 6.42 Å². The zero-order valence-electron chi connectivity index (χ0n) is 15.0. The molecule has 1 N–H and O–H groups in total. The van der Waals surface area contributed by atoms with E-state index in [4.69, 9.17) is 0 Å². The zero-order valence-corrected chi connectivity index (χ0v) is 16.6. The monoisotopic (exact) mass is 411 g/mol.